The zero-order valence-electron chi connectivity index (χ0n) is 18.6. The third kappa shape index (κ3) is 4.69. The van der Waals surface area contributed by atoms with Gasteiger partial charge in [-0.1, -0.05) is 60.1 Å². The summed E-state index contributed by atoms with van der Waals surface area (Å²) in [7, 11) is -0.616. The van der Waals surface area contributed by atoms with Crippen LogP contribution in [-0.4, -0.2) is 30.9 Å². The van der Waals surface area contributed by atoms with Crippen LogP contribution >= 0.6 is 11.6 Å². The minimum Gasteiger partial charge on any atom is -0.338 e. The quantitative estimate of drug-likeness (QED) is 0.412. The Kier molecular flexibility index (Phi) is 6.72. The summed E-state index contributed by atoms with van der Waals surface area (Å²) in [6.07, 6.45) is 3.44. The van der Waals surface area contributed by atoms with Gasteiger partial charge >= 0.3 is 0 Å². The van der Waals surface area contributed by atoms with E-state index >= 15 is 0 Å². The van der Waals surface area contributed by atoms with E-state index in [0.29, 0.717) is 11.5 Å². The van der Waals surface area contributed by atoms with Crippen molar-refractivity contribution < 1.29 is 13.2 Å². The first-order valence-corrected chi connectivity index (χ1v) is 12.3. The van der Waals surface area contributed by atoms with Crippen LogP contribution in [-0.2, 0) is 17.1 Å². The summed E-state index contributed by atoms with van der Waals surface area (Å²) < 4.78 is 29.4. The number of hydrogen-bond donors (Lipinski definition) is 1. The van der Waals surface area contributed by atoms with E-state index < -0.39 is 22.0 Å². The van der Waals surface area contributed by atoms with Crippen molar-refractivity contribution in [2.75, 3.05) is 11.4 Å². The molecule has 0 unspecified atom stereocenters. The van der Waals surface area contributed by atoms with E-state index in [-0.39, 0.29) is 15.5 Å². The Hall–Kier alpha value is -3.62. The molecule has 4 rings (SSSR count). The molecule has 0 saturated heterocycles. The number of nitrogens with one attached hydrogen (secondary N) is 1. The number of para-hydroxylation sites is 1. The highest BCUT2D eigenvalue weighted by Gasteiger charge is 2.26. The molecule has 0 aliphatic heterocycles. The van der Waals surface area contributed by atoms with Crippen LogP contribution < -0.4 is 9.62 Å². The highest BCUT2D eigenvalue weighted by Crippen LogP contribution is 2.27. The highest BCUT2D eigenvalue weighted by atomic mass is 35.5. The number of aryl methyl sites for hydroxylation is 1. The molecule has 0 spiro atoms. The summed E-state index contributed by atoms with van der Waals surface area (Å²) >= 11 is 6.33. The zero-order chi connectivity index (χ0) is 24.3. The topological polar surface area (TPSA) is 84.3 Å². The molecule has 1 atom stereocenters. The molecule has 1 N–H and O–H groups in total. The fraction of sp³-hybridized carbons (Fsp3) is 0.120. The molecule has 1 aromatic heterocycles. The van der Waals surface area contributed by atoms with Crippen molar-refractivity contribution in [3.05, 3.63) is 113 Å². The predicted octanol–water partition coefficient (Wildman–Crippen LogP) is 4.42. The number of aromatic nitrogens is 2. The van der Waals surface area contributed by atoms with Gasteiger partial charge in [-0.2, -0.15) is 0 Å². The Morgan fingerprint density at radius 1 is 1.03 bits per heavy atom. The molecule has 0 aliphatic carbocycles. The predicted molar refractivity (Wildman–Crippen MR) is 132 cm³/mol. The summed E-state index contributed by atoms with van der Waals surface area (Å²) in [6.45, 7) is 0. The lowest BCUT2D eigenvalue weighted by atomic mass is 10.1. The van der Waals surface area contributed by atoms with Gasteiger partial charge in [0.1, 0.15) is 11.9 Å². The average molecular weight is 495 g/mol. The molecular formula is C25H23ClN4O3S. The molecule has 7 nitrogen and oxygen atoms in total. The Morgan fingerprint density at radius 3 is 2.29 bits per heavy atom. The molecule has 174 valence electrons. The number of hydrogen-bond acceptors (Lipinski definition) is 4. The molecular weight excluding hydrogens is 472 g/mol. The Balaban J connectivity index is 1.68. The molecule has 0 radical (unpaired) electrons. The highest BCUT2D eigenvalue weighted by molar-refractivity contribution is 7.92. The standard InChI is InChI=1S/C25H23ClN4O3S/c1-29-16-15-27-24(29)23(18-9-5-3-6-10-18)28-25(31)21-17-20(13-14-22(21)26)34(32,33)30(2)19-11-7-4-8-12-19/h3-17,23H,1-2H3,(H,28,31)/t23-/m1/s1. The first-order chi connectivity index (χ1) is 16.3. The first kappa shape index (κ1) is 23.5. The van der Waals surface area contributed by atoms with Crippen molar-refractivity contribution >= 4 is 33.2 Å². The molecule has 34 heavy (non-hydrogen) atoms. The van der Waals surface area contributed by atoms with E-state index in [2.05, 4.69) is 10.3 Å². The van der Waals surface area contributed by atoms with Crippen LogP contribution in [0.4, 0.5) is 5.69 Å². The van der Waals surface area contributed by atoms with Gasteiger partial charge in [0.15, 0.2) is 0 Å². The SMILES string of the molecule is CN(c1ccccc1)S(=O)(=O)c1ccc(Cl)c(C(=O)N[C@H](c2ccccc2)c2nccn2C)c1. The Morgan fingerprint density at radius 2 is 1.68 bits per heavy atom. The summed E-state index contributed by atoms with van der Waals surface area (Å²) in [5.74, 6) is 0.115. The van der Waals surface area contributed by atoms with E-state index in [9.17, 15) is 13.2 Å². The molecule has 1 heterocycles. The number of nitrogens with zero attached hydrogens (tertiary/aromatic N) is 3. The van der Waals surface area contributed by atoms with E-state index in [0.717, 1.165) is 5.56 Å². The van der Waals surface area contributed by atoms with Crippen LogP contribution in [0.5, 0.6) is 0 Å². The normalized spacial score (nSPS) is 12.2. The van der Waals surface area contributed by atoms with Crippen molar-refractivity contribution in [2.45, 2.75) is 10.9 Å². The molecule has 0 saturated carbocycles. The van der Waals surface area contributed by atoms with Gasteiger partial charge in [0.2, 0.25) is 0 Å². The number of carbonyl (C=O) groups excluding carboxylic acids is 1. The van der Waals surface area contributed by atoms with E-state index in [1.807, 2.05) is 41.9 Å². The van der Waals surface area contributed by atoms with Gasteiger partial charge in [-0.05, 0) is 35.9 Å². The number of anilines is 1. The van der Waals surface area contributed by atoms with Gasteiger partial charge in [0.25, 0.3) is 15.9 Å². The van der Waals surface area contributed by atoms with Crippen molar-refractivity contribution in [3.63, 3.8) is 0 Å². The van der Waals surface area contributed by atoms with E-state index in [1.54, 1.807) is 42.7 Å². The molecule has 0 fully saturated rings. The first-order valence-electron chi connectivity index (χ1n) is 10.5. The summed E-state index contributed by atoms with van der Waals surface area (Å²) in [5, 5.41) is 3.10. The number of halogens is 1. The lowest BCUT2D eigenvalue weighted by Gasteiger charge is -2.21. The summed E-state index contributed by atoms with van der Waals surface area (Å²) in [4.78, 5) is 17.7. The molecule has 1 amide bonds. The summed E-state index contributed by atoms with van der Waals surface area (Å²) in [5.41, 5.74) is 1.38. The zero-order valence-corrected chi connectivity index (χ0v) is 20.2. The second-order valence-corrected chi connectivity index (χ2v) is 10.0. The fourth-order valence-corrected chi connectivity index (χ4v) is 5.01. The van der Waals surface area contributed by atoms with E-state index in [4.69, 9.17) is 11.6 Å². The largest absolute Gasteiger partial charge is 0.338 e. The molecule has 4 aromatic rings. The van der Waals surface area contributed by atoms with Crippen molar-refractivity contribution in [3.8, 4) is 0 Å². The van der Waals surface area contributed by atoms with Gasteiger partial charge in [0.05, 0.1) is 21.2 Å². The van der Waals surface area contributed by atoms with Crippen LogP contribution in [0.3, 0.4) is 0 Å². The lowest BCUT2D eigenvalue weighted by molar-refractivity contribution is 0.0941. The summed E-state index contributed by atoms with van der Waals surface area (Å²) in [6, 6.07) is 21.6. The Labute approximate surface area is 203 Å². The number of rotatable bonds is 7. The maximum Gasteiger partial charge on any atom is 0.264 e. The number of amides is 1. The third-order valence-corrected chi connectivity index (χ3v) is 7.60. The maximum absolute atomic E-state index is 13.3. The fourth-order valence-electron chi connectivity index (χ4n) is 3.58. The van der Waals surface area contributed by atoms with Crippen molar-refractivity contribution in [1.82, 2.24) is 14.9 Å². The molecule has 3 aromatic carbocycles. The van der Waals surface area contributed by atoms with Crippen molar-refractivity contribution in [1.29, 1.82) is 0 Å². The number of benzene rings is 3. The van der Waals surface area contributed by atoms with Gasteiger partial charge < -0.3 is 9.88 Å². The lowest BCUT2D eigenvalue weighted by Crippen LogP contribution is -2.32. The monoisotopic (exact) mass is 494 g/mol. The molecule has 9 heteroatoms. The molecule has 0 aliphatic rings. The Bertz CT molecular complexity index is 1410. The van der Waals surface area contributed by atoms with Crippen molar-refractivity contribution in [2.24, 2.45) is 7.05 Å². The minimum atomic E-state index is -3.92. The van der Waals surface area contributed by atoms with Gasteiger partial charge in [-0.25, -0.2) is 13.4 Å². The second kappa shape index (κ2) is 9.70. The minimum absolute atomic E-state index is 0.0401. The van der Waals surface area contributed by atoms with Crippen LogP contribution in [0.15, 0.2) is 96.2 Å². The molecule has 0 bridgehead atoms. The second-order valence-electron chi connectivity index (χ2n) is 7.66. The van der Waals surface area contributed by atoms with Gasteiger partial charge in [0, 0.05) is 26.5 Å². The number of sulfonamides is 1. The van der Waals surface area contributed by atoms with Crippen LogP contribution in [0.25, 0.3) is 0 Å². The van der Waals surface area contributed by atoms with Gasteiger partial charge in [-0.3, -0.25) is 9.10 Å². The number of carbonyl (C=O) groups is 1. The third-order valence-electron chi connectivity index (χ3n) is 5.49. The van der Waals surface area contributed by atoms with Crippen LogP contribution in [0, 0.1) is 0 Å². The average Bonchev–Trinajstić information content (AvgIpc) is 3.28. The van der Waals surface area contributed by atoms with Crippen LogP contribution in [0.1, 0.15) is 27.8 Å². The van der Waals surface area contributed by atoms with Gasteiger partial charge in [-0.15, -0.1) is 0 Å². The number of imidazole rings is 1. The van der Waals surface area contributed by atoms with E-state index in [1.165, 1.54) is 29.6 Å². The smallest absolute Gasteiger partial charge is 0.264 e. The maximum atomic E-state index is 13.3. The van der Waals surface area contributed by atoms with Crippen LogP contribution in [0.2, 0.25) is 5.02 Å².